The van der Waals surface area contributed by atoms with Crippen LogP contribution in [0.2, 0.25) is 0 Å². The number of carbonyl (C=O) groups excluding carboxylic acids is 1. The van der Waals surface area contributed by atoms with Gasteiger partial charge >= 0.3 is 0 Å². The lowest BCUT2D eigenvalue weighted by molar-refractivity contribution is 0.0922. The van der Waals surface area contributed by atoms with Gasteiger partial charge in [0, 0.05) is 0 Å². The van der Waals surface area contributed by atoms with Crippen LogP contribution in [-0.2, 0) is 11.3 Å². The zero-order chi connectivity index (χ0) is 12.0. The van der Waals surface area contributed by atoms with Crippen molar-refractivity contribution in [2.45, 2.75) is 20.0 Å². The topological polar surface area (TPSA) is 77.5 Å². The third-order valence-electron chi connectivity index (χ3n) is 2.03. The molecule has 5 nitrogen and oxygen atoms in total. The van der Waals surface area contributed by atoms with Gasteiger partial charge in [0.1, 0.15) is 12.4 Å². The summed E-state index contributed by atoms with van der Waals surface area (Å²) in [6.45, 7) is 6.51. The van der Waals surface area contributed by atoms with Crippen molar-refractivity contribution in [2.24, 2.45) is 5.84 Å². The predicted molar refractivity (Wildman–Crippen MR) is 59.4 cm³/mol. The fourth-order valence-corrected chi connectivity index (χ4v) is 1.14. The van der Waals surface area contributed by atoms with Crippen molar-refractivity contribution in [3.05, 3.63) is 35.8 Å². The first-order chi connectivity index (χ1) is 7.65. The summed E-state index contributed by atoms with van der Waals surface area (Å²) in [5, 5.41) is 0. The number of furan rings is 1. The van der Waals surface area contributed by atoms with Crippen molar-refractivity contribution >= 4 is 5.91 Å². The molecule has 1 heterocycles. The normalized spacial score (nSPS) is 10.1. The Labute approximate surface area is 94.2 Å². The van der Waals surface area contributed by atoms with Crippen molar-refractivity contribution in [1.82, 2.24) is 5.43 Å². The summed E-state index contributed by atoms with van der Waals surface area (Å²) in [5.41, 5.74) is 3.50. The summed E-state index contributed by atoms with van der Waals surface area (Å²) in [5.74, 6) is 5.13. The molecule has 0 saturated carbocycles. The van der Waals surface area contributed by atoms with Gasteiger partial charge in [-0.25, -0.2) is 5.84 Å². The highest BCUT2D eigenvalue weighted by molar-refractivity contribution is 5.94. The van der Waals surface area contributed by atoms with Gasteiger partial charge in [-0.15, -0.1) is 6.58 Å². The molecule has 16 heavy (non-hydrogen) atoms. The molecular formula is C11H16N2O3. The van der Waals surface area contributed by atoms with Gasteiger partial charge in [0.2, 0.25) is 0 Å². The van der Waals surface area contributed by atoms with Crippen LogP contribution in [0.25, 0.3) is 0 Å². The van der Waals surface area contributed by atoms with Gasteiger partial charge in [-0.1, -0.05) is 5.57 Å². The van der Waals surface area contributed by atoms with Crippen LogP contribution < -0.4 is 11.3 Å². The van der Waals surface area contributed by atoms with Gasteiger partial charge in [0.05, 0.1) is 18.4 Å². The fourth-order valence-electron chi connectivity index (χ4n) is 1.14. The molecule has 1 aromatic rings. The molecule has 0 bridgehead atoms. The van der Waals surface area contributed by atoms with E-state index in [1.54, 1.807) is 6.07 Å². The van der Waals surface area contributed by atoms with Gasteiger partial charge in [0.15, 0.2) is 0 Å². The number of amides is 1. The summed E-state index contributed by atoms with van der Waals surface area (Å²) < 4.78 is 10.5. The van der Waals surface area contributed by atoms with Crippen molar-refractivity contribution in [3.63, 3.8) is 0 Å². The average Bonchev–Trinajstić information content (AvgIpc) is 2.71. The Bertz CT molecular complexity index is 371. The molecule has 1 amide bonds. The fraction of sp³-hybridized carbons (Fsp3) is 0.364. The second-order valence-electron chi connectivity index (χ2n) is 3.49. The number of ether oxygens (including phenoxy) is 1. The van der Waals surface area contributed by atoms with Crippen LogP contribution in [0.5, 0.6) is 0 Å². The third-order valence-corrected chi connectivity index (χ3v) is 2.03. The van der Waals surface area contributed by atoms with Gasteiger partial charge in [-0.05, 0) is 19.4 Å². The van der Waals surface area contributed by atoms with E-state index in [2.05, 4.69) is 6.58 Å². The van der Waals surface area contributed by atoms with Crippen molar-refractivity contribution < 1.29 is 13.9 Å². The van der Waals surface area contributed by atoms with E-state index in [0.717, 1.165) is 12.0 Å². The number of carbonyl (C=O) groups is 1. The van der Waals surface area contributed by atoms with E-state index in [9.17, 15) is 4.79 Å². The van der Waals surface area contributed by atoms with E-state index >= 15 is 0 Å². The van der Waals surface area contributed by atoms with Crippen LogP contribution in [-0.4, -0.2) is 12.5 Å². The Morgan fingerprint density at radius 2 is 2.44 bits per heavy atom. The summed E-state index contributed by atoms with van der Waals surface area (Å²) in [6.07, 6.45) is 2.22. The van der Waals surface area contributed by atoms with Gasteiger partial charge < -0.3 is 9.15 Å². The smallest absolute Gasteiger partial charge is 0.268 e. The van der Waals surface area contributed by atoms with Crippen molar-refractivity contribution in [1.29, 1.82) is 0 Å². The van der Waals surface area contributed by atoms with E-state index in [1.807, 2.05) is 12.3 Å². The molecule has 1 aromatic heterocycles. The van der Waals surface area contributed by atoms with E-state index in [1.165, 1.54) is 6.26 Å². The van der Waals surface area contributed by atoms with Crippen LogP contribution >= 0.6 is 0 Å². The quantitative estimate of drug-likeness (QED) is 0.251. The van der Waals surface area contributed by atoms with Crippen LogP contribution in [0.1, 0.15) is 29.5 Å². The zero-order valence-electron chi connectivity index (χ0n) is 9.29. The number of hydrogen-bond donors (Lipinski definition) is 2. The molecule has 5 heteroatoms. The minimum Gasteiger partial charge on any atom is -0.466 e. The Balaban J connectivity index is 2.45. The van der Waals surface area contributed by atoms with Crippen LogP contribution in [0.15, 0.2) is 28.9 Å². The number of nitrogen functional groups attached to an aromatic ring is 1. The number of nitrogens with two attached hydrogens (primary N) is 1. The molecule has 0 atom stereocenters. The van der Waals surface area contributed by atoms with Crippen LogP contribution in [0, 0.1) is 0 Å². The van der Waals surface area contributed by atoms with Crippen LogP contribution in [0.4, 0.5) is 0 Å². The molecule has 1 rings (SSSR count). The molecule has 0 aliphatic carbocycles. The number of nitrogens with one attached hydrogen (secondary N) is 1. The second kappa shape index (κ2) is 6.09. The Kier molecular flexibility index (Phi) is 4.75. The molecule has 0 aliphatic heterocycles. The third kappa shape index (κ3) is 3.52. The lowest BCUT2D eigenvalue weighted by Crippen LogP contribution is -2.30. The van der Waals surface area contributed by atoms with Crippen molar-refractivity contribution in [2.75, 3.05) is 6.61 Å². The average molecular weight is 224 g/mol. The highest BCUT2D eigenvalue weighted by Gasteiger charge is 2.13. The lowest BCUT2D eigenvalue weighted by Gasteiger charge is -2.03. The summed E-state index contributed by atoms with van der Waals surface area (Å²) in [6, 6.07) is 1.56. The molecule has 0 unspecified atom stereocenters. The monoisotopic (exact) mass is 224 g/mol. The molecule has 88 valence electrons. The first-order valence-corrected chi connectivity index (χ1v) is 4.94. The minimum atomic E-state index is -0.382. The first kappa shape index (κ1) is 12.5. The maximum absolute atomic E-state index is 11.3. The van der Waals surface area contributed by atoms with Crippen molar-refractivity contribution in [3.8, 4) is 0 Å². The Hall–Kier alpha value is -1.59. The number of rotatable bonds is 6. The zero-order valence-corrected chi connectivity index (χ0v) is 9.29. The molecule has 0 saturated heterocycles. The van der Waals surface area contributed by atoms with Gasteiger partial charge in [-0.2, -0.15) is 0 Å². The SMILES string of the molecule is C=C(C)CCOCc1occc1C(=O)NN. The van der Waals surface area contributed by atoms with Gasteiger partial charge in [0.25, 0.3) is 5.91 Å². The summed E-state index contributed by atoms with van der Waals surface area (Å²) in [4.78, 5) is 11.3. The van der Waals surface area contributed by atoms with E-state index in [0.29, 0.717) is 17.9 Å². The molecule has 0 spiro atoms. The Morgan fingerprint density at radius 1 is 1.69 bits per heavy atom. The standard InChI is InChI=1S/C11H16N2O3/c1-8(2)3-5-15-7-10-9(4-6-16-10)11(14)13-12/h4,6H,1,3,5,7,12H2,2H3,(H,13,14). The van der Waals surface area contributed by atoms with E-state index in [4.69, 9.17) is 15.0 Å². The highest BCUT2D eigenvalue weighted by Crippen LogP contribution is 2.12. The van der Waals surface area contributed by atoms with Crippen LogP contribution in [0.3, 0.4) is 0 Å². The molecule has 0 aromatic carbocycles. The maximum atomic E-state index is 11.3. The highest BCUT2D eigenvalue weighted by atomic mass is 16.5. The minimum absolute atomic E-state index is 0.253. The maximum Gasteiger partial charge on any atom is 0.268 e. The molecule has 3 N–H and O–H groups in total. The molecule has 0 fully saturated rings. The molecule has 0 aliphatic rings. The first-order valence-electron chi connectivity index (χ1n) is 4.94. The summed E-state index contributed by atoms with van der Waals surface area (Å²) >= 11 is 0. The lowest BCUT2D eigenvalue weighted by atomic mass is 10.2. The second-order valence-corrected chi connectivity index (χ2v) is 3.49. The molecule has 0 radical (unpaired) electrons. The van der Waals surface area contributed by atoms with E-state index < -0.39 is 0 Å². The number of hydrazine groups is 1. The largest absolute Gasteiger partial charge is 0.466 e. The van der Waals surface area contributed by atoms with Gasteiger partial charge in [-0.3, -0.25) is 10.2 Å². The Morgan fingerprint density at radius 3 is 3.06 bits per heavy atom. The number of hydrogen-bond acceptors (Lipinski definition) is 4. The molecular weight excluding hydrogens is 208 g/mol. The predicted octanol–water partition coefficient (Wildman–Crippen LogP) is 1.37. The van der Waals surface area contributed by atoms with E-state index in [-0.39, 0.29) is 12.5 Å². The summed E-state index contributed by atoms with van der Waals surface area (Å²) in [7, 11) is 0.